The van der Waals surface area contributed by atoms with Gasteiger partial charge in [0.05, 0.1) is 11.5 Å². The molecule has 2 aromatic rings. The molecule has 0 radical (unpaired) electrons. The Labute approximate surface area is 201 Å². The largest absolute Gasteiger partial charge is 0.511 e. The predicted octanol–water partition coefficient (Wildman–Crippen LogP) is 2.59. The molecule has 3 aliphatic rings. The van der Waals surface area contributed by atoms with E-state index in [9.17, 15) is 29.7 Å². The third-order valence-electron chi connectivity index (χ3n) is 7.32. The van der Waals surface area contributed by atoms with Crippen molar-refractivity contribution in [2.75, 3.05) is 19.0 Å². The molecule has 5 N–H and O–H groups in total. The van der Waals surface area contributed by atoms with Gasteiger partial charge in [0.15, 0.2) is 11.6 Å². The number of phenols is 1. The van der Waals surface area contributed by atoms with Gasteiger partial charge in [-0.3, -0.25) is 19.4 Å². The molecule has 0 bridgehead atoms. The smallest absolute Gasteiger partial charge is 0.255 e. The predicted molar refractivity (Wildman–Crippen MR) is 127 cm³/mol. The van der Waals surface area contributed by atoms with Crippen molar-refractivity contribution in [2.45, 2.75) is 19.3 Å². The van der Waals surface area contributed by atoms with E-state index >= 15 is 0 Å². The first-order valence-corrected chi connectivity index (χ1v) is 11.3. The lowest BCUT2D eigenvalue weighted by Crippen LogP contribution is -2.43. The van der Waals surface area contributed by atoms with Crippen LogP contribution < -0.4 is 10.6 Å². The fraction of sp³-hybridized carbons (Fsp3) is 0.308. The Morgan fingerprint density at radius 3 is 2.54 bits per heavy atom. The summed E-state index contributed by atoms with van der Waals surface area (Å²) in [6.45, 7) is 0. The zero-order valence-electron chi connectivity index (χ0n) is 19.3. The number of phenolic OH excluding ortho intramolecular Hbond substituents is 1. The number of aromatic hydroxyl groups is 1. The van der Waals surface area contributed by atoms with Gasteiger partial charge in [-0.15, -0.1) is 0 Å². The fourth-order valence-corrected chi connectivity index (χ4v) is 5.83. The first-order valence-electron chi connectivity index (χ1n) is 11.3. The molecule has 9 heteroatoms. The molecule has 1 heterocycles. The molecule has 1 amide bonds. The summed E-state index contributed by atoms with van der Waals surface area (Å²) in [5.41, 5.74) is 7.38. The first-order chi connectivity index (χ1) is 16.6. The average molecular weight is 476 g/mol. The SMILES string of the molecule is CN(C)c1cc(-c2cccnc2)c(O)c2c1CC1CC3CC(O)=C(C(N)=O)C(=O)C3C(O)=C1C2=O. The summed E-state index contributed by atoms with van der Waals surface area (Å²) in [4.78, 5) is 44.6. The van der Waals surface area contributed by atoms with Crippen molar-refractivity contribution in [3.63, 3.8) is 0 Å². The molecular weight excluding hydrogens is 450 g/mol. The number of amides is 1. The maximum atomic E-state index is 13.8. The van der Waals surface area contributed by atoms with Gasteiger partial charge in [-0.1, -0.05) is 6.07 Å². The van der Waals surface area contributed by atoms with Crippen LogP contribution in [0.2, 0.25) is 0 Å². The molecule has 180 valence electrons. The van der Waals surface area contributed by atoms with Crippen LogP contribution in [-0.4, -0.2) is 51.9 Å². The van der Waals surface area contributed by atoms with Crippen LogP contribution in [0.5, 0.6) is 5.75 Å². The minimum absolute atomic E-state index is 0.00923. The second kappa shape index (κ2) is 7.97. The zero-order chi connectivity index (χ0) is 25.2. The minimum atomic E-state index is -1.14. The third kappa shape index (κ3) is 3.30. The Morgan fingerprint density at radius 1 is 1.17 bits per heavy atom. The van der Waals surface area contributed by atoms with Crippen LogP contribution >= 0.6 is 0 Å². The minimum Gasteiger partial charge on any atom is -0.511 e. The summed E-state index contributed by atoms with van der Waals surface area (Å²) in [5.74, 6) is -5.42. The van der Waals surface area contributed by atoms with Crippen molar-refractivity contribution in [1.82, 2.24) is 4.98 Å². The number of nitrogens with two attached hydrogens (primary N) is 1. The van der Waals surface area contributed by atoms with E-state index in [0.717, 1.165) is 5.69 Å². The van der Waals surface area contributed by atoms with Crippen molar-refractivity contribution < 1.29 is 29.7 Å². The van der Waals surface area contributed by atoms with E-state index in [0.29, 0.717) is 29.5 Å². The van der Waals surface area contributed by atoms with Gasteiger partial charge < -0.3 is 26.0 Å². The molecule has 0 fully saturated rings. The second-order valence-electron chi connectivity index (χ2n) is 9.54. The number of hydrogen-bond acceptors (Lipinski definition) is 8. The fourth-order valence-electron chi connectivity index (χ4n) is 5.83. The highest BCUT2D eigenvalue weighted by molar-refractivity contribution is 6.22. The van der Waals surface area contributed by atoms with E-state index in [1.165, 1.54) is 0 Å². The summed E-state index contributed by atoms with van der Waals surface area (Å²) >= 11 is 0. The number of benzene rings is 1. The summed E-state index contributed by atoms with van der Waals surface area (Å²) in [6, 6.07) is 5.32. The number of fused-ring (bicyclic) bond motifs is 3. The highest BCUT2D eigenvalue weighted by Crippen LogP contribution is 2.52. The molecule has 1 aromatic carbocycles. The van der Waals surface area contributed by atoms with Crippen LogP contribution in [0.1, 0.15) is 28.8 Å². The van der Waals surface area contributed by atoms with E-state index in [4.69, 9.17) is 5.73 Å². The molecule has 35 heavy (non-hydrogen) atoms. The Morgan fingerprint density at radius 2 is 1.91 bits per heavy atom. The Kier molecular flexibility index (Phi) is 5.16. The summed E-state index contributed by atoms with van der Waals surface area (Å²) in [6.07, 6.45) is 3.92. The van der Waals surface area contributed by atoms with E-state index in [-0.39, 0.29) is 29.1 Å². The molecule has 0 saturated carbocycles. The van der Waals surface area contributed by atoms with Gasteiger partial charge in [-0.2, -0.15) is 0 Å². The van der Waals surface area contributed by atoms with Crippen molar-refractivity contribution in [1.29, 1.82) is 0 Å². The molecular formula is C26H25N3O6. The van der Waals surface area contributed by atoms with Gasteiger partial charge in [-0.05, 0) is 42.4 Å². The third-order valence-corrected chi connectivity index (χ3v) is 7.32. The number of aromatic nitrogens is 1. The topological polar surface area (TPSA) is 154 Å². The van der Waals surface area contributed by atoms with Crippen LogP contribution in [-0.2, 0) is 16.0 Å². The van der Waals surface area contributed by atoms with Crippen molar-refractivity contribution in [3.8, 4) is 16.9 Å². The van der Waals surface area contributed by atoms with Gasteiger partial charge in [0.1, 0.15) is 22.8 Å². The number of aliphatic hydroxyl groups is 2. The normalized spacial score (nSPS) is 23.5. The number of carbonyl (C=O) groups excluding carboxylic acids is 3. The molecule has 3 unspecified atom stereocenters. The molecule has 3 aliphatic carbocycles. The molecule has 0 aliphatic heterocycles. The number of rotatable bonds is 3. The number of carbonyl (C=O) groups is 3. The van der Waals surface area contributed by atoms with Crippen LogP contribution in [0, 0.1) is 17.8 Å². The molecule has 1 aromatic heterocycles. The second-order valence-corrected chi connectivity index (χ2v) is 9.54. The summed E-state index contributed by atoms with van der Waals surface area (Å²) in [7, 11) is 3.69. The molecule has 3 atom stereocenters. The maximum absolute atomic E-state index is 13.8. The quantitative estimate of drug-likeness (QED) is 0.494. The molecule has 0 spiro atoms. The number of hydrogen-bond donors (Lipinski definition) is 4. The number of aliphatic hydroxyl groups excluding tert-OH is 2. The lowest BCUT2D eigenvalue weighted by Gasteiger charge is -2.41. The number of anilines is 1. The van der Waals surface area contributed by atoms with Crippen LogP contribution in [0.4, 0.5) is 5.69 Å². The lowest BCUT2D eigenvalue weighted by molar-refractivity contribution is -0.126. The van der Waals surface area contributed by atoms with Gasteiger partial charge in [0.25, 0.3) is 5.91 Å². The highest BCUT2D eigenvalue weighted by Gasteiger charge is 2.50. The standard InChI is InChI=1S/C26H25N3O6/c1-29(2)16-9-14(11-4-3-5-28-10-11)22(31)20-15(16)7-12-6-13-8-17(30)21(26(27)35)25(34)19(13)23(32)18(12)24(20)33/h3-5,9-10,12-13,19,30-32H,6-8H2,1-2H3,(H2,27,35). The van der Waals surface area contributed by atoms with Gasteiger partial charge in [-0.25, -0.2) is 0 Å². The number of nitrogens with zero attached hydrogens (tertiary/aromatic N) is 2. The Balaban J connectivity index is 1.69. The Hall–Kier alpha value is -4.14. The van der Waals surface area contributed by atoms with Crippen LogP contribution in [0.15, 0.2) is 53.3 Å². The number of Topliss-reactive ketones (excluding diaryl/α,β-unsaturated/α-hetero) is 2. The number of allylic oxidation sites excluding steroid dienone is 3. The van der Waals surface area contributed by atoms with Crippen molar-refractivity contribution in [2.24, 2.45) is 23.5 Å². The monoisotopic (exact) mass is 475 g/mol. The summed E-state index contributed by atoms with van der Waals surface area (Å²) < 4.78 is 0. The number of primary amides is 1. The molecule has 9 nitrogen and oxygen atoms in total. The number of pyridine rings is 1. The van der Waals surface area contributed by atoms with Gasteiger partial charge in [0, 0.05) is 55.3 Å². The van der Waals surface area contributed by atoms with E-state index in [1.54, 1.807) is 24.5 Å². The average Bonchev–Trinajstić information content (AvgIpc) is 2.78. The Bertz CT molecular complexity index is 1360. The molecule has 5 rings (SSSR count). The van der Waals surface area contributed by atoms with Crippen LogP contribution in [0.25, 0.3) is 11.1 Å². The van der Waals surface area contributed by atoms with Crippen molar-refractivity contribution in [3.05, 3.63) is 64.4 Å². The molecule has 0 saturated heterocycles. The van der Waals surface area contributed by atoms with E-state index < -0.39 is 46.6 Å². The highest BCUT2D eigenvalue weighted by atomic mass is 16.3. The van der Waals surface area contributed by atoms with Gasteiger partial charge in [0.2, 0.25) is 0 Å². The first kappa shape index (κ1) is 22.6. The van der Waals surface area contributed by atoms with Crippen molar-refractivity contribution >= 4 is 23.2 Å². The maximum Gasteiger partial charge on any atom is 0.255 e. The van der Waals surface area contributed by atoms with E-state index in [1.807, 2.05) is 25.1 Å². The summed E-state index contributed by atoms with van der Waals surface area (Å²) in [5, 5.41) is 32.7. The van der Waals surface area contributed by atoms with E-state index in [2.05, 4.69) is 4.98 Å². The van der Waals surface area contributed by atoms with Crippen LogP contribution in [0.3, 0.4) is 0 Å². The lowest BCUT2D eigenvalue weighted by atomic mass is 9.62. The van der Waals surface area contributed by atoms with Gasteiger partial charge >= 0.3 is 0 Å². The zero-order valence-corrected chi connectivity index (χ0v) is 19.3. The number of ketones is 2.